The molecule has 2 aromatic heterocycles. The molecule has 5 rings (SSSR count). The number of para-hydroxylation sites is 1. The van der Waals surface area contributed by atoms with Gasteiger partial charge in [0.1, 0.15) is 16.3 Å². The van der Waals surface area contributed by atoms with Gasteiger partial charge in [0.2, 0.25) is 10.9 Å². The normalized spacial score (nSPS) is 15.8. The Labute approximate surface area is 168 Å². The number of aromatic hydroxyl groups is 1. The topological polar surface area (TPSA) is 96.5 Å². The van der Waals surface area contributed by atoms with Crippen molar-refractivity contribution in [3.05, 3.63) is 80.6 Å². The molecule has 1 unspecified atom stereocenters. The Kier molecular flexibility index (Phi) is 3.95. The van der Waals surface area contributed by atoms with Crippen molar-refractivity contribution in [2.75, 3.05) is 4.90 Å². The van der Waals surface area contributed by atoms with Crippen molar-refractivity contribution in [3.63, 3.8) is 0 Å². The molecule has 0 saturated heterocycles. The lowest BCUT2D eigenvalue weighted by Crippen LogP contribution is -2.29. The second kappa shape index (κ2) is 6.52. The van der Waals surface area contributed by atoms with E-state index in [-0.39, 0.29) is 22.5 Å². The summed E-state index contributed by atoms with van der Waals surface area (Å²) in [4.78, 5) is 28.1. The number of phenols is 1. The minimum atomic E-state index is -0.711. The molecule has 1 atom stereocenters. The van der Waals surface area contributed by atoms with E-state index in [1.54, 1.807) is 36.4 Å². The van der Waals surface area contributed by atoms with Gasteiger partial charge >= 0.3 is 0 Å². The number of anilines is 1. The number of benzene rings is 2. The van der Waals surface area contributed by atoms with Gasteiger partial charge in [0.15, 0.2) is 5.43 Å². The molecule has 0 aliphatic carbocycles. The summed E-state index contributed by atoms with van der Waals surface area (Å²) in [6, 6.07) is 12.6. The van der Waals surface area contributed by atoms with Crippen LogP contribution in [0.2, 0.25) is 0 Å². The molecule has 1 aliphatic rings. The molecule has 0 spiro atoms. The lowest BCUT2D eigenvalue weighted by Gasteiger charge is -2.22. The molecule has 1 aliphatic heterocycles. The number of rotatable bonds is 3. The monoisotopic (exact) mass is 405 g/mol. The number of aromatic nitrogens is 2. The zero-order valence-corrected chi connectivity index (χ0v) is 16.1. The summed E-state index contributed by atoms with van der Waals surface area (Å²) in [6.45, 7) is 1.96. The van der Waals surface area contributed by atoms with Gasteiger partial charge < -0.3 is 9.52 Å². The Morgan fingerprint density at radius 2 is 1.86 bits per heavy atom. The Balaban J connectivity index is 1.80. The van der Waals surface area contributed by atoms with Gasteiger partial charge in [0.25, 0.3) is 5.91 Å². The summed E-state index contributed by atoms with van der Waals surface area (Å²) in [5, 5.41) is 19.6. The van der Waals surface area contributed by atoms with Gasteiger partial charge in [0.05, 0.1) is 17.0 Å². The molecular formula is C21H15N3O4S. The molecule has 29 heavy (non-hydrogen) atoms. The third kappa shape index (κ3) is 2.64. The van der Waals surface area contributed by atoms with Crippen LogP contribution in [0.25, 0.3) is 11.0 Å². The van der Waals surface area contributed by atoms with Gasteiger partial charge in [-0.15, -0.1) is 10.2 Å². The van der Waals surface area contributed by atoms with Crippen LogP contribution in [0.3, 0.4) is 0 Å². The van der Waals surface area contributed by atoms with Crippen molar-refractivity contribution in [1.82, 2.24) is 10.2 Å². The number of phenolic OH excluding ortho intramolecular Hbond substituents is 1. The minimum Gasteiger partial charge on any atom is -0.508 e. The van der Waals surface area contributed by atoms with Gasteiger partial charge in [0, 0.05) is 0 Å². The Hall–Kier alpha value is -3.52. The predicted molar refractivity (Wildman–Crippen MR) is 109 cm³/mol. The zero-order valence-electron chi connectivity index (χ0n) is 15.3. The summed E-state index contributed by atoms with van der Waals surface area (Å²) in [6.07, 6.45) is 0.692. The van der Waals surface area contributed by atoms with Crippen molar-refractivity contribution >= 4 is 33.3 Å². The number of nitrogens with zero attached hydrogens (tertiary/aromatic N) is 3. The summed E-state index contributed by atoms with van der Waals surface area (Å²) >= 11 is 1.31. The van der Waals surface area contributed by atoms with Gasteiger partial charge in [-0.25, -0.2) is 0 Å². The summed E-state index contributed by atoms with van der Waals surface area (Å²) in [5.74, 6) is -0.320. The molecule has 8 heteroatoms. The van der Waals surface area contributed by atoms with Crippen LogP contribution in [-0.4, -0.2) is 21.2 Å². The summed E-state index contributed by atoms with van der Waals surface area (Å²) < 4.78 is 5.87. The third-order valence-electron chi connectivity index (χ3n) is 4.95. The lowest BCUT2D eigenvalue weighted by atomic mass is 9.98. The number of aryl methyl sites for hydroxylation is 1. The van der Waals surface area contributed by atoms with Crippen molar-refractivity contribution in [1.29, 1.82) is 0 Å². The molecule has 0 saturated carbocycles. The smallest absolute Gasteiger partial charge is 0.297 e. The molecule has 7 nitrogen and oxygen atoms in total. The van der Waals surface area contributed by atoms with Crippen LogP contribution >= 0.6 is 11.3 Å². The fourth-order valence-corrected chi connectivity index (χ4v) is 4.38. The van der Waals surface area contributed by atoms with Gasteiger partial charge in [-0.3, -0.25) is 14.5 Å². The average Bonchev–Trinajstić information content (AvgIpc) is 3.32. The molecule has 0 bridgehead atoms. The Bertz CT molecular complexity index is 1310. The van der Waals surface area contributed by atoms with Crippen LogP contribution in [0.1, 0.15) is 39.7 Å². The molecule has 2 aromatic carbocycles. The lowest BCUT2D eigenvalue weighted by molar-refractivity contribution is 0.0970. The molecule has 144 valence electrons. The van der Waals surface area contributed by atoms with Gasteiger partial charge in [-0.1, -0.05) is 42.5 Å². The average molecular weight is 405 g/mol. The summed E-state index contributed by atoms with van der Waals surface area (Å²) in [5.41, 5.74) is 1.05. The maximum absolute atomic E-state index is 13.3. The van der Waals surface area contributed by atoms with E-state index in [1.807, 2.05) is 6.92 Å². The van der Waals surface area contributed by atoms with E-state index in [2.05, 4.69) is 10.2 Å². The van der Waals surface area contributed by atoms with Crippen molar-refractivity contribution in [2.24, 2.45) is 0 Å². The van der Waals surface area contributed by atoms with E-state index in [0.717, 1.165) is 5.01 Å². The fourth-order valence-electron chi connectivity index (χ4n) is 3.57. The Morgan fingerprint density at radius 1 is 1.10 bits per heavy atom. The maximum atomic E-state index is 13.3. The van der Waals surface area contributed by atoms with E-state index >= 15 is 0 Å². The van der Waals surface area contributed by atoms with Crippen molar-refractivity contribution in [3.8, 4) is 5.75 Å². The van der Waals surface area contributed by atoms with E-state index < -0.39 is 11.9 Å². The van der Waals surface area contributed by atoms with Crippen LogP contribution in [0.4, 0.5) is 5.13 Å². The van der Waals surface area contributed by atoms with Gasteiger partial charge in [-0.05, 0) is 36.2 Å². The highest BCUT2D eigenvalue weighted by molar-refractivity contribution is 7.15. The quantitative estimate of drug-likeness (QED) is 0.559. The number of carbonyl (C=O) groups excluding carboxylic acids is 1. The molecular weight excluding hydrogens is 390 g/mol. The van der Waals surface area contributed by atoms with E-state index in [1.165, 1.54) is 28.4 Å². The van der Waals surface area contributed by atoms with E-state index in [4.69, 9.17) is 4.42 Å². The van der Waals surface area contributed by atoms with Crippen LogP contribution < -0.4 is 10.3 Å². The first kappa shape index (κ1) is 17.6. The highest BCUT2D eigenvalue weighted by atomic mass is 32.1. The SMILES string of the molecule is CCc1nnc(N2C(=O)c3oc4ccccc4c(=O)c3C2c2ccc(O)cc2)s1. The second-order valence-corrected chi connectivity index (χ2v) is 7.71. The standard InChI is InChI=1S/C21H15N3O4S/c1-2-15-22-23-21(29-15)24-17(11-7-9-12(25)10-8-11)16-18(26)13-5-3-4-6-14(13)28-19(16)20(24)27/h3-10,17,25H,2H2,1H3. The first-order valence-corrected chi connectivity index (χ1v) is 9.90. The van der Waals surface area contributed by atoms with Gasteiger partial charge in [-0.2, -0.15) is 0 Å². The highest BCUT2D eigenvalue weighted by Gasteiger charge is 2.45. The van der Waals surface area contributed by atoms with Crippen molar-refractivity contribution in [2.45, 2.75) is 19.4 Å². The third-order valence-corrected chi connectivity index (χ3v) is 6.02. The van der Waals surface area contributed by atoms with E-state index in [9.17, 15) is 14.7 Å². The number of carbonyl (C=O) groups is 1. The zero-order chi connectivity index (χ0) is 20.1. The number of hydrogen-bond acceptors (Lipinski definition) is 7. The number of hydrogen-bond donors (Lipinski definition) is 1. The second-order valence-electron chi connectivity index (χ2n) is 6.67. The fraction of sp³-hybridized carbons (Fsp3) is 0.143. The van der Waals surface area contributed by atoms with Crippen molar-refractivity contribution < 1.29 is 14.3 Å². The number of amides is 1. The first-order chi connectivity index (χ1) is 14.1. The van der Waals surface area contributed by atoms with Crippen LogP contribution in [0.5, 0.6) is 5.75 Å². The molecule has 1 N–H and O–H groups in total. The maximum Gasteiger partial charge on any atom is 0.297 e. The number of fused-ring (bicyclic) bond motifs is 2. The largest absolute Gasteiger partial charge is 0.508 e. The van der Waals surface area contributed by atoms with Crippen LogP contribution in [-0.2, 0) is 6.42 Å². The first-order valence-electron chi connectivity index (χ1n) is 9.09. The molecule has 0 fully saturated rings. The molecule has 4 aromatic rings. The minimum absolute atomic E-state index is 0.0139. The highest BCUT2D eigenvalue weighted by Crippen LogP contribution is 2.42. The molecule has 1 amide bonds. The van der Waals surface area contributed by atoms with Crippen LogP contribution in [0, 0.1) is 0 Å². The summed E-state index contributed by atoms with van der Waals surface area (Å²) in [7, 11) is 0. The van der Waals surface area contributed by atoms with E-state index in [0.29, 0.717) is 28.1 Å². The molecule has 3 heterocycles. The predicted octanol–water partition coefficient (Wildman–Crippen LogP) is 3.66. The molecule has 0 radical (unpaired) electrons. The Morgan fingerprint density at radius 3 is 2.59 bits per heavy atom. The van der Waals surface area contributed by atoms with Crippen LogP contribution in [0.15, 0.2) is 57.7 Å².